The number of carbonyl (C=O) groups is 2. The van der Waals surface area contributed by atoms with Crippen LogP contribution in [0, 0.1) is 0 Å². The molecule has 0 bridgehead atoms. The van der Waals surface area contributed by atoms with Gasteiger partial charge >= 0.3 is 5.97 Å². The van der Waals surface area contributed by atoms with Gasteiger partial charge in [0.25, 0.3) is 0 Å². The fourth-order valence-electron chi connectivity index (χ4n) is 2.00. The fourth-order valence-corrected chi connectivity index (χ4v) is 2.00. The van der Waals surface area contributed by atoms with Crippen LogP contribution < -0.4 is 16.0 Å². The summed E-state index contributed by atoms with van der Waals surface area (Å²) < 4.78 is 0. The summed E-state index contributed by atoms with van der Waals surface area (Å²) in [7, 11) is 0. The first-order chi connectivity index (χ1) is 8.47. The van der Waals surface area contributed by atoms with E-state index in [4.69, 9.17) is 10.8 Å². The van der Waals surface area contributed by atoms with E-state index in [0.29, 0.717) is 12.2 Å². The van der Waals surface area contributed by atoms with Gasteiger partial charge in [-0.3, -0.25) is 4.79 Å². The van der Waals surface area contributed by atoms with Crippen LogP contribution in [-0.4, -0.2) is 36.1 Å². The molecule has 1 amide bonds. The molecule has 6 heteroatoms. The second-order valence-corrected chi connectivity index (χ2v) is 4.44. The van der Waals surface area contributed by atoms with E-state index >= 15 is 0 Å². The SMILES string of the molecule is CC(N)CN1CC(=O)Nc2cc(C(=O)O)ccc21. The summed E-state index contributed by atoms with van der Waals surface area (Å²) in [4.78, 5) is 24.3. The first-order valence-electron chi connectivity index (χ1n) is 5.65. The lowest BCUT2D eigenvalue weighted by atomic mass is 10.1. The van der Waals surface area contributed by atoms with E-state index in [9.17, 15) is 9.59 Å². The molecule has 96 valence electrons. The highest BCUT2D eigenvalue weighted by Gasteiger charge is 2.23. The highest BCUT2D eigenvalue weighted by molar-refractivity contribution is 6.03. The Hall–Kier alpha value is -2.08. The summed E-state index contributed by atoms with van der Waals surface area (Å²) in [6.45, 7) is 2.64. The number of amides is 1. The Morgan fingerprint density at radius 2 is 2.33 bits per heavy atom. The largest absolute Gasteiger partial charge is 0.478 e. The van der Waals surface area contributed by atoms with Crippen LogP contribution in [-0.2, 0) is 4.79 Å². The average Bonchev–Trinajstić information content (AvgIpc) is 2.26. The molecule has 1 atom stereocenters. The number of aromatic carboxylic acids is 1. The Morgan fingerprint density at radius 1 is 1.61 bits per heavy atom. The fraction of sp³-hybridized carbons (Fsp3) is 0.333. The summed E-state index contributed by atoms with van der Waals surface area (Å²) in [5, 5.41) is 11.6. The quantitative estimate of drug-likeness (QED) is 0.724. The third-order valence-corrected chi connectivity index (χ3v) is 2.70. The molecule has 0 spiro atoms. The Morgan fingerprint density at radius 3 is 2.94 bits per heavy atom. The maximum absolute atomic E-state index is 11.6. The number of anilines is 2. The van der Waals surface area contributed by atoms with Gasteiger partial charge in [0, 0.05) is 12.6 Å². The Kier molecular flexibility index (Phi) is 3.20. The van der Waals surface area contributed by atoms with Gasteiger partial charge < -0.3 is 21.1 Å². The second-order valence-electron chi connectivity index (χ2n) is 4.44. The number of hydrogen-bond acceptors (Lipinski definition) is 4. The normalized spacial score (nSPS) is 15.9. The minimum Gasteiger partial charge on any atom is -0.478 e. The molecule has 1 aliphatic heterocycles. The minimum absolute atomic E-state index is 0.0668. The van der Waals surface area contributed by atoms with Crippen LogP contribution in [0.3, 0.4) is 0 Å². The molecule has 6 nitrogen and oxygen atoms in total. The molecule has 18 heavy (non-hydrogen) atoms. The van der Waals surface area contributed by atoms with Crippen molar-refractivity contribution >= 4 is 23.3 Å². The zero-order chi connectivity index (χ0) is 13.3. The van der Waals surface area contributed by atoms with E-state index in [2.05, 4.69) is 5.32 Å². The summed E-state index contributed by atoms with van der Waals surface area (Å²) in [6.07, 6.45) is 0. The van der Waals surface area contributed by atoms with Crippen molar-refractivity contribution in [2.45, 2.75) is 13.0 Å². The van der Waals surface area contributed by atoms with Gasteiger partial charge in [-0.1, -0.05) is 0 Å². The number of nitrogens with two attached hydrogens (primary N) is 1. The number of fused-ring (bicyclic) bond motifs is 1. The number of carboxylic acids is 1. The van der Waals surface area contributed by atoms with Crippen LogP contribution in [0.5, 0.6) is 0 Å². The molecule has 1 aliphatic rings. The molecule has 0 aliphatic carbocycles. The molecular formula is C12H15N3O3. The molecule has 0 fully saturated rings. The number of carbonyl (C=O) groups excluding carboxylic acids is 1. The van der Waals surface area contributed by atoms with Crippen LogP contribution in [0.2, 0.25) is 0 Å². The monoisotopic (exact) mass is 249 g/mol. The molecule has 0 saturated carbocycles. The number of benzene rings is 1. The highest BCUT2D eigenvalue weighted by atomic mass is 16.4. The summed E-state index contributed by atoms with van der Waals surface area (Å²) in [6, 6.07) is 4.61. The summed E-state index contributed by atoms with van der Waals surface area (Å²) >= 11 is 0. The van der Waals surface area contributed by atoms with Crippen molar-refractivity contribution in [3.63, 3.8) is 0 Å². The van der Waals surface area contributed by atoms with Crippen LogP contribution in [0.15, 0.2) is 18.2 Å². The molecule has 0 radical (unpaired) electrons. The van der Waals surface area contributed by atoms with Crippen molar-refractivity contribution in [3.05, 3.63) is 23.8 Å². The van der Waals surface area contributed by atoms with Gasteiger partial charge in [0.05, 0.1) is 23.5 Å². The standard InChI is InChI=1S/C12H15N3O3/c1-7(13)5-15-6-11(16)14-9-4-8(12(17)18)2-3-10(9)15/h2-4,7H,5-6,13H2,1H3,(H,14,16)(H,17,18). The average molecular weight is 249 g/mol. The maximum atomic E-state index is 11.6. The van der Waals surface area contributed by atoms with Crippen LogP contribution in [0.4, 0.5) is 11.4 Å². The molecule has 0 aromatic heterocycles. The van der Waals surface area contributed by atoms with Crippen molar-refractivity contribution in [1.29, 1.82) is 0 Å². The van der Waals surface area contributed by atoms with Crippen molar-refractivity contribution in [2.75, 3.05) is 23.3 Å². The van der Waals surface area contributed by atoms with Crippen molar-refractivity contribution in [2.24, 2.45) is 5.73 Å². The zero-order valence-electron chi connectivity index (χ0n) is 10.0. The smallest absolute Gasteiger partial charge is 0.335 e. The number of carboxylic acid groups (broad SMARTS) is 1. The number of rotatable bonds is 3. The topological polar surface area (TPSA) is 95.7 Å². The van der Waals surface area contributed by atoms with Crippen molar-refractivity contribution in [1.82, 2.24) is 0 Å². The van der Waals surface area contributed by atoms with Gasteiger partial charge in [-0.2, -0.15) is 0 Å². The second kappa shape index (κ2) is 4.66. The van der Waals surface area contributed by atoms with Gasteiger partial charge in [0.1, 0.15) is 0 Å². The molecule has 1 aromatic carbocycles. The van der Waals surface area contributed by atoms with E-state index in [0.717, 1.165) is 5.69 Å². The maximum Gasteiger partial charge on any atom is 0.335 e. The van der Waals surface area contributed by atoms with Crippen LogP contribution in [0.25, 0.3) is 0 Å². The van der Waals surface area contributed by atoms with E-state index in [1.165, 1.54) is 12.1 Å². The van der Waals surface area contributed by atoms with Crippen molar-refractivity contribution < 1.29 is 14.7 Å². The van der Waals surface area contributed by atoms with Crippen LogP contribution in [0.1, 0.15) is 17.3 Å². The summed E-state index contributed by atoms with van der Waals surface area (Å²) in [5.41, 5.74) is 7.21. The van der Waals surface area contributed by atoms with Gasteiger partial charge in [0.2, 0.25) is 5.91 Å². The Balaban J connectivity index is 2.37. The third kappa shape index (κ3) is 2.43. The predicted octanol–water partition coefficient (Wildman–Crippen LogP) is 0.491. The lowest BCUT2D eigenvalue weighted by molar-refractivity contribution is -0.115. The highest BCUT2D eigenvalue weighted by Crippen LogP contribution is 2.30. The molecular weight excluding hydrogens is 234 g/mol. The van der Waals surface area contributed by atoms with Crippen molar-refractivity contribution in [3.8, 4) is 0 Å². The first-order valence-corrected chi connectivity index (χ1v) is 5.65. The van der Waals surface area contributed by atoms with Gasteiger partial charge in [-0.05, 0) is 25.1 Å². The first kappa shape index (κ1) is 12.4. The molecule has 1 unspecified atom stereocenters. The van der Waals surface area contributed by atoms with Gasteiger partial charge in [-0.25, -0.2) is 4.79 Å². The predicted molar refractivity (Wildman–Crippen MR) is 67.9 cm³/mol. The van der Waals surface area contributed by atoms with E-state index < -0.39 is 5.97 Å². The van der Waals surface area contributed by atoms with E-state index in [-0.39, 0.29) is 24.1 Å². The van der Waals surface area contributed by atoms with E-state index in [1.807, 2.05) is 11.8 Å². The number of nitrogens with one attached hydrogen (secondary N) is 1. The molecule has 1 aromatic rings. The zero-order valence-corrected chi connectivity index (χ0v) is 10.0. The number of nitrogens with zero attached hydrogens (tertiary/aromatic N) is 1. The summed E-state index contributed by atoms with van der Waals surface area (Å²) in [5.74, 6) is -1.18. The van der Waals surface area contributed by atoms with Gasteiger partial charge in [0.15, 0.2) is 0 Å². The minimum atomic E-state index is -1.02. The molecule has 2 rings (SSSR count). The third-order valence-electron chi connectivity index (χ3n) is 2.70. The lowest BCUT2D eigenvalue weighted by Crippen LogP contribution is -2.43. The Bertz CT molecular complexity index is 499. The van der Waals surface area contributed by atoms with Crippen LogP contribution >= 0.6 is 0 Å². The number of hydrogen-bond donors (Lipinski definition) is 3. The van der Waals surface area contributed by atoms with Gasteiger partial charge in [-0.15, -0.1) is 0 Å². The lowest BCUT2D eigenvalue weighted by Gasteiger charge is -2.32. The molecule has 4 N–H and O–H groups in total. The molecule has 0 saturated heterocycles. The van der Waals surface area contributed by atoms with E-state index in [1.54, 1.807) is 6.07 Å². The molecule has 1 heterocycles. The Labute approximate surface area is 104 Å².